The van der Waals surface area contributed by atoms with Gasteiger partial charge in [0.1, 0.15) is 5.82 Å². The van der Waals surface area contributed by atoms with Gasteiger partial charge in [0.05, 0.1) is 5.69 Å². The van der Waals surface area contributed by atoms with E-state index in [1.54, 1.807) is 18.2 Å². The van der Waals surface area contributed by atoms with E-state index in [0.717, 1.165) is 5.56 Å². The lowest BCUT2D eigenvalue weighted by atomic mass is 10.2. The Morgan fingerprint density at radius 1 is 1.35 bits per heavy atom. The van der Waals surface area contributed by atoms with Gasteiger partial charge in [-0.15, -0.1) is 0 Å². The monoisotopic (exact) mass is 297 g/mol. The van der Waals surface area contributed by atoms with Crippen LogP contribution in [0.1, 0.15) is 16.1 Å². The summed E-state index contributed by atoms with van der Waals surface area (Å²) in [5.74, 6) is -0.840. The third-order valence-corrected chi connectivity index (χ3v) is 2.59. The third-order valence-electron chi connectivity index (χ3n) is 2.17. The van der Waals surface area contributed by atoms with Gasteiger partial charge in [-0.05, 0) is 52.7 Å². The number of carbonyl (C=O) groups is 1. The second kappa shape index (κ2) is 4.71. The minimum atomic E-state index is -0.486. The van der Waals surface area contributed by atoms with Gasteiger partial charge < -0.3 is 9.73 Å². The van der Waals surface area contributed by atoms with Gasteiger partial charge in [0.15, 0.2) is 10.4 Å². The highest BCUT2D eigenvalue weighted by Crippen LogP contribution is 2.19. The molecule has 0 aliphatic rings. The fraction of sp³-hybridized carbons (Fsp3) is 0.0833. The van der Waals surface area contributed by atoms with Crippen molar-refractivity contribution in [2.75, 3.05) is 5.32 Å². The van der Waals surface area contributed by atoms with Crippen molar-refractivity contribution in [2.45, 2.75) is 6.92 Å². The number of benzene rings is 1. The van der Waals surface area contributed by atoms with Crippen LogP contribution in [0.15, 0.2) is 39.4 Å². The molecular formula is C12H9BrFNO2. The van der Waals surface area contributed by atoms with E-state index in [9.17, 15) is 9.18 Å². The Morgan fingerprint density at radius 3 is 2.76 bits per heavy atom. The maximum Gasteiger partial charge on any atom is 0.291 e. The summed E-state index contributed by atoms with van der Waals surface area (Å²) in [7, 11) is 0. The van der Waals surface area contributed by atoms with Gasteiger partial charge >= 0.3 is 0 Å². The average molecular weight is 298 g/mol. The first-order valence-electron chi connectivity index (χ1n) is 4.89. The molecule has 0 saturated carbocycles. The minimum absolute atomic E-state index is 0.123. The summed E-state index contributed by atoms with van der Waals surface area (Å²) in [4.78, 5) is 11.7. The molecule has 5 heteroatoms. The van der Waals surface area contributed by atoms with Crippen molar-refractivity contribution in [1.82, 2.24) is 0 Å². The number of anilines is 1. The molecule has 1 N–H and O–H groups in total. The molecule has 0 fully saturated rings. The normalized spacial score (nSPS) is 10.3. The summed E-state index contributed by atoms with van der Waals surface area (Å²) in [6.45, 7) is 1.82. The maximum absolute atomic E-state index is 13.4. The van der Waals surface area contributed by atoms with Crippen molar-refractivity contribution in [1.29, 1.82) is 0 Å². The van der Waals surface area contributed by atoms with Crippen LogP contribution in [0.5, 0.6) is 0 Å². The van der Waals surface area contributed by atoms with Crippen molar-refractivity contribution in [3.05, 3.63) is 52.1 Å². The van der Waals surface area contributed by atoms with E-state index in [-0.39, 0.29) is 11.4 Å². The van der Waals surface area contributed by atoms with Crippen molar-refractivity contribution < 1.29 is 13.6 Å². The number of aryl methyl sites for hydroxylation is 1. The van der Waals surface area contributed by atoms with E-state index in [2.05, 4.69) is 21.2 Å². The number of carbonyl (C=O) groups excluding carboxylic acids is 1. The Balaban J connectivity index is 2.21. The molecule has 0 unspecified atom stereocenters. The van der Waals surface area contributed by atoms with Gasteiger partial charge in [-0.25, -0.2) is 4.39 Å². The number of hydrogen-bond acceptors (Lipinski definition) is 2. The molecular weight excluding hydrogens is 289 g/mol. The predicted molar refractivity (Wildman–Crippen MR) is 65.5 cm³/mol. The van der Waals surface area contributed by atoms with Crippen LogP contribution in [0.3, 0.4) is 0 Å². The smallest absolute Gasteiger partial charge is 0.291 e. The molecule has 0 bridgehead atoms. The number of furan rings is 1. The number of halogens is 2. The van der Waals surface area contributed by atoms with E-state index in [1.807, 2.05) is 6.92 Å². The molecule has 1 aromatic heterocycles. The largest absolute Gasteiger partial charge is 0.444 e. The number of nitrogens with one attached hydrogen (secondary N) is 1. The quantitative estimate of drug-likeness (QED) is 0.917. The Bertz CT molecular complexity index is 565. The first kappa shape index (κ1) is 11.9. The van der Waals surface area contributed by atoms with Crippen molar-refractivity contribution in [3.63, 3.8) is 0 Å². The summed E-state index contributed by atoms with van der Waals surface area (Å²) in [5, 5.41) is 2.45. The van der Waals surface area contributed by atoms with Crippen LogP contribution in [-0.4, -0.2) is 5.91 Å². The van der Waals surface area contributed by atoms with E-state index < -0.39 is 11.7 Å². The number of hydrogen-bond donors (Lipinski definition) is 1. The molecule has 0 aliphatic heterocycles. The highest BCUT2D eigenvalue weighted by atomic mass is 79.9. The Labute approximate surface area is 106 Å². The molecule has 3 nitrogen and oxygen atoms in total. The van der Waals surface area contributed by atoms with Gasteiger partial charge in [-0.3, -0.25) is 4.79 Å². The number of amides is 1. The Morgan fingerprint density at radius 2 is 2.12 bits per heavy atom. The van der Waals surface area contributed by atoms with Crippen molar-refractivity contribution in [2.24, 2.45) is 0 Å². The highest BCUT2D eigenvalue weighted by molar-refractivity contribution is 9.10. The second-order valence-corrected chi connectivity index (χ2v) is 4.32. The first-order valence-corrected chi connectivity index (χ1v) is 5.68. The Kier molecular flexibility index (Phi) is 3.28. The van der Waals surface area contributed by atoms with E-state index >= 15 is 0 Å². The maximum atomic E-state index is 13.4. The van der Waals surface area contributed by atoms with Gasteiger partial charge in [0.2, 0.25) is 0 Å². The molecule has 0 spiro atoms. The van der Waals surface area contributed by atoms with Gasteiger partial charge in [-0.2, -0.15) is 0 Å². The fourth-order valence-electron chi connectivity index (χ4n) is 1.36. The standard InChI is InChI=1S/C12H9BrFNO2/c1-7-2-3-8(14)9(6-7)15-12(16)10-4-5-11(13)17-10/h2-6H,1H3,(H,15,16). The lowest BCUT2D eigenvalue weighted by Crippen LogP contribution is -2.12. The zero-order chi connectivity index (χ0) is 12.4. The van der Waals surface area contributed by atoms with Crippen LogP contribution in [0.25, 0.3) is 0 Å². The molecule has 0 atom stereocenters. The lowest BCUT2D eigenvalue weighted by molar-refractivity contribution is 0.0995. The molecule has 0 saturated heterocycles. The second-order valence-electron chi connectivity index (χ2n) is 3.54. The minimum Gasteiger partial charge on any atom is -0.444 e. The highest BCUT2D eigenvalue weighted by Gasteiger charge is 2.12. The van der Waals surface area contributed by atoms with Gasteiger partial charge in [-0.1, -0.05) is 6.07 Å². The molecule has 2 aromatic rings. The molecule has 88 valence electrons. The summed E-state index contributed by atoms with van der Waals surface area (Å²) in [5.41, 5.74) is 1.00. The molecule has 0 aliphatic carbocycles. The van der Waals surface area contributed by atoms with Crippen molar-refractivity contribution >= 4 is 27.5 Å². The summed E-state index contributed by atoms with van der Waals surface area (Å²) < 4.78 is 18.9. The van der Waals surface area contributed by atoms with Crippen LogP contribution >= 0.6 is 15.9 Å². The Hall–Kier alpha value is -1.62. The molecule has 1 heterocycles. The molecule has 17 heavy (non-hydrogen) atoms. The van der Waals surface area contributed by atoms with Crippen LogP contribution in [0.2, 0.25) is 0 Å². The molecule has 1 amide bonds. The summed E-state index contributed by atoms with van der Waals surface area (Å²) in [6.07, 6.45) is 0. The summed E-state index contributed by atoms with van der Waals surface area (Å²) >= 11 is 3.09. The SMILES string of the molecule is Cc1ccc(F)c(NC(=O)c2ccc(Br)o2)c1. The zero-order valence-corrected chi connectivity index (χ0v) is 10.5. The van der Waals surface area contributed by atoms with Crippen LogP contribution < -0.4 is 5.32 Å². The van der Waals surface area contributed by atoms with E-state index in [1.165, 1.54) is 12.1 Å². The lowest BCUT2D eigenvalue weighted by Gasteiger charge is -2.05. The fourth-order valence-corrected chi connectivity index (χ4v) is 1.66. The third kappa shape index (κ3) is 2.74. The van der Waals surface area contributed by atoms with Crippen LogP contribution in [0.4, 0.5) is 10.1 Å². The average Bonchev–Trinajstić information content (AvgIpc) is 2.70. The topological polar surface area (TPSA) is 42.2 Å². The molecule has 1 aromatic carbocycles. The molecule has 2 rings (SSSR count). The molecule has 0 radical (unpaired) electrons. The van der Waals surface area contributed by atoms with E-state index in [0.29, 0.717) is 4.67 Å². The van der Waals surface area contributed by atoms with Gasteiger partial charge in [0, 0.05) is 0 Å². The van der Waals surface area contributed by atoms with Crippen LogP contribution in [-0.2, 0) is 0 Å². The summed E-state index contributed by atoms with van der Waals surface area (Å²) in [6, 6.07) is 7.61. The zero-order valence-electron chi connectivity index (χ0n) is 8.96. The van der Waals surface area contributed by atoms with Crippen molar-refractivity contribution in [3.8, 4) is 0 Å². The van der Waals surface area contributed by atoms with E-state index in [4.69, 9.17) is 4.42 Å². The number of rotatable bonds is 2. The van der Waals surface area contributed by atoms with Crippen LogP contribution in [0, 0.1) is 12.7 Å². The first-order chi connectivity index (χ1) is 8.06. The van der Waals surface area contributed by atoms with Gasteiger partial charge in [0.25, 0.3) is 5.91 Å². The predicted octanol–water partition coefficient (Wildman–Crippen LogP) is 3.74.